The highest BCUT2D eigenvalue weighted by molar-refractivity contribution is 7.12. The SMILES string of the molecule is c1ccc2cc(-c3cc(CN4CCN(Cc5cc6c(s5)CCCC6)CC4)no3)ccc2c1. The van der Waals surface area contributed by atoms with Crippen LogP contribution in [0.2, 0.25) is 0 Å². The number of benzene rings is 2. The van der Waals surface area contributed by atoms with Crippen molar-refractivity contribution in [2.24, 2.45) is 0 Å². The van der Waals surface area contributed by atoms with E-state index in [0.717, 1.165) is 56.3 Å². The second kappa shape index (κ2) is 8.81. The van der Waals surface area contributed by atoms with E-state index in [1.165, 1.54) is 36.5 Å². The van der Waals surface area contributed by atoms with Crippen molar-refractivity contribution in [1.29, 1.82) is 0 Å². The molecule has 0 unspecified atom stereocenters. The van der Waals surface area contributed by atoms with Crippen LogP contribution in [-0.2, 0) is 25.9 Å². The number of hydrogen-bond acceptors (Lipinski definition) is 5. The average molecular weight is 444 g/mol. The van der Waals surface area contributed by atoms with Crippen LogP contribution >= 0.6 is 11.3 Å². The van der Waals surface area contributed by atoms with Gasteiger partial charge in [-0.25, -0.2) is 0 Å². The average Bonchev–Trinajstić information content (AvgIpc) is 3.46. The first-order chi connectivity index (χ1) is 15.8. The van der Waals surface area contributed by atoms with E-state index in [1.807, 2.05) is 0 Å². The highest BCUT2D eigenvalue weighted by Gasteiger charge is 2.20. The Hall–Kier alpha value is -2.47. The maximum atomic E-state index is 5.70. The van der Waals surface area contributed by atoms with Crippen molar-refractivity contribution in [2.75, 3.05) is 26.2 Å². The minimum absolute atomic E-state index is 0.853. The molecule has 1 aliphatic carbocycles. The Morgan fingerprint density at radius 1 is 0.812 bits per heavy atom. The molecule has 1 saturated heterocycles. The quantitative estimate of drug-likeness (QED) is 0.393. The number of aryl methyl sites for hydroxylation is 2. The maximum Gasteiger partial charge on any atom is 0.167 e. The molecule has 1 aliphatic heterocycles. The van der Waals surface area contributed by atoms with E-state index in [-0.39, 0.29) is 0 Å². The van der Waals surface area contributed by atoms with Gasteiger partial charge in [-0.15, -0.1) is 11.3 Å². The molecule has 2 aromatic carbocycles. The molecule has 0 spiro atoms. The van der Waals surface area contributed by atoms with Gasteiger partial charge in [0.1, 0.15) is 0 Å². The van der Waals surface area contributed by atoms with Crippen LogP contribution in [0, 0.1) is 0 Å². The lowest BCUT2D eigenvalue weighted by molar-refractivity contribution is 0.121. The fraction of sp³-hybridized carbons (Fsp3) is 0.370. The van der Waals surface area contributed by atoms with Crippen molar-refractivity contribution in [3.05, 3.63) is 75.6 Å². The zero-order chi connectivity index (χ0) is 21.3. The molecule has 164 valence electrons. The molecular weight excluding hydrogens is 414 g/mol. The van der Waals surface area contributed by atoms with Gasteiger partial charge in [0.05, 0.1) is 5.69 Å². The third-order valence-electron chi connectivity index (χ3n) is 6.87. The predicted octanol–water partition coefficient (Wildman–Crippen LogP) is 5.75. The van der Waals surface area contributed by atoms with Gasteiger partial charge in [-0.2, -0.15) is 0 Å². The second-order valence-electron chi connectivity index (χ2n) is 9.16. The van der Waals surface area contributed by atoms with E-state index in [9.17, 15) is 0 Å². The predicted molar refractivity (Wildman–Crippen MR) is 131 cm³/mol. The van der Waals surface area contributed by atoms with Crippen molar-refractivity contribution < 1.29 is 4.52 Å². The molecule has 1 fully saturated rings. The van der Waals surface area contributed by atoms with Crippen LogP contribution in [0.4, 0.5) is 0 Å². The lowest BCUT2D eigenvalue weighted by Crippen LogP contribution is -2.45. The molecule has 3 heterocycles. The molecule has 5 heteroatoms. The topological polar surface area (TPSA) is 32.5 Å². The number of fused-ring (bicyclic) bond motifs is 2. The van der Waals surface area contributed by atoms with Crippen LogP contribution in [0.3, 0.4) is 0 Å². The lowest BCUT2D eigenvalue weighted by Gasteiger charge is -2.33. The Labute approximate surface area is 193 Å². The number of rotatable bonds is 5. The van der Waals surface area contributed by atoms with E-state index in [2.05, 4.69) is 80.9 Å². The van der Waals surface area contributed by atoms with Crippen LogP contribution in [0.1, 0.15) is 33.9 Å². The third-order valence-corrected chi connectivity index (χ3v) is 8.09. The molecule has 4 aromatic rings. The summed E-state index contributed by atoms with van der Waals surface area (Å²) in [7, 11) is 0. The first-order valence-electron chi connectivity index (χ1n) is 11.8. The molecule has 0 bridgehead atoms. The number of hydrogen-bond donors (Lipinski definition) is 0. The summed E-state index contributed by atoms with van der Waals surface area (Å²) >= 11 is 2.06. The normalized spacial score (nSPS) is 17.6. The molecule has 0 atom stereocenters. The number of thiophene rings is 1. The Morgan fingerprint density at radius 3 is 2.44 bits per heavy atom. The van der Waals surface area contributed by atoms with Gasteiger partial charge < -0.3 is 4.52 Å². The van der Waals surface area contributed by atoms with E-state index in [1.54, 1.807) is 15.3 Å². The molecule has 32 heavy (non-hydrogen) atoms. The summed E-state index contributed by atoms with van der Waals surface area (Å²) in [6, 6.07) is 19.5. The van der Waals surface area contributed by atoms with E-state index >= 15 is 0 Å². The van der Waals surface area contributed by atoms with Gasteiger partial charge in [-0.3, -0.25) is 9.80 Å². The summed E-state index contributed by atoms with van der Waals surface area (Å²) in [6.07, 6.45) is 5.33. The summed E-state index contributed by atoms with van der Waals surface area (Å²) in [5.74, 6) is 0.853. The Balaban J connectivity index is 1.05. The van der Waals surface area contributed by atoms with Gasteiger partial charge in [0.15, 0.2) is 5.76 Å². The zero-order valence-corrected chi connectivity index (χ0v) is 19.2. The first kappa shape index (κ1) is 20.2. The van der Waals surface area contributed by atoms with Crippen LogP contribution in [0.25, 0.3) is 22.1 Å². The van der Waals surface area contributed by atoms with Gasteiger partial charge >= 0.3 is 0 Å². The molecule has 0 amide bonds. The van der Waals surface area contributed by atoms with Crippen LogP contribution in [0.5, 0.6) is 0 Å². The molecular formula is C27H29N3OS. The van der Waals surface area contributed by atoms with Gasteiger partial charge in [-0.1, -0.05) is 41.6 Å². The van der Waals surface area contributed by atoms with Crippen molar-refractivity contribution >= 4 is 22.1 Å². The molecule has 0 N–H and O–H groups in total. The third kappa shape index (κ3) is 4.25. The van der Waals surface area contributed by atoms with Crippen molar-refractivity contribution in [3.8, 4) is 11.3 Å². The lowest BCUT2D eigenvalue weighted by atomic mass is 9.99. The van der Waals surface area contributed by atoms with Crippen LogP contribution in [-0.4, -0.2) is 41.1 Å². The smallest absolute Gasteiger partial charge is 0.167 e. The number of aromatic nitrogens is 1. The monoisotopic (exact) mass is 443 g/mol. The standard InChI is InChI=1S/C27H29N3OS/c1-2-6-21-15-22(10-9-20(21)5-1)26-17-24(28-31-26)18-29-11-13-30(14-12-29)19-25-16-23-7-3-4-8-27(23)32-25/h1-2,5-6,9-10,15-17H,3-4,7-8,11-14,18-19H2. The van der Waals surface area contributed by atoms with Crippen molar-refractivity contribution in [1.82, 2.24) is 15.0 Å². The summed E-state index contributed by atoms with van der Waals surface area (Å²) in [5, 5.41) is 6.84. The van der Waals surface area contributed by atoms with Gasteiger partial charge in [0.2, 0.25) is 0 Å². The van der Waals surface area contributed by atoms with E-state index < -0.39 is 0 Å². The second-order valence-corrected chi connectivity index (χ2v) is 10.4. The number of nitrogens with zero attached hydrogens (tertiary/aromatic N) is 3. The number of piperazine rings is 1. The van der Waals surface area contributed by atoms with Crippen LogP contribution < -0.4 is 0 Å². The Morgan fingerprint density at radius 2 is 1.59 bits per heavy atom. The molecule has 4 nitrogen and oxygen atoms in total. The molecule has 2 aromatic heterocycles. The largest absolute Gasteiger partial charge is 0.356 e. The maximum absolute atomic E-state index is 5.70. The minimum atomic E-state index is 0.853. The van der Waals surface area contributed by atoms with E-state index in [4.69, 9.17) is 4.52 Å². The summed E-state index contributed by atoms with van der Waals surface area (Å²) in [4.78, 5) is 8.31. The van der Waals surface area contributed by atoms with Gasteiger partial charge in [0.25, 0.3) is 0 Å². The minimum Gasteiger partial charge on any atom is -0.356 e. The zero-order valence-electron chi connectivity index (χ0n) is 18.4. The van der Waals surface area contributed by atoms with E-state index in [0.29, 0.717) is 0 Å². The Kier molecular flexibility index (Phi) is 5.55. The summed E-state index contributed by atoms with van der Waals surface area (Å²) in [6.45, 7) is 6.39. The highest BCUT2D eigenvalue weighted by atomic mass is 32.1. The van der Waals surface area contributed by atoms with Crippen molar-refractivity contribution in [3.63, 3.8) is 0 Å². The van der Waals surface area contributed by atoms with Crippen LogP contribution in [0.15, 0.2) is 59.1 Å². The molecule has 0 radical (unpaired) electrons. The fourth-order valence-electron chi connectivity index (χ4n) is 5.05. The molecule has 0 saturated carbocycles. The summed E-state index contributed by atoms with van der Waals surface area (Å²) in [5.41, 5.74) is 3.74. The van der Waals surface area contributed by atoms with Gasteiger partial charge in [-0.05, 0) is 54.2 Å². The fourth-order valence-corrected chi connectivity index (χ4v) is 6.35. The Bertz CT molecular complexity index is 1200. The first-order valence-corrected chi connectivity index (χ1v) is 12.6. The summed E-state index contributed by atoms with van der Waals surface area (Å²) < 4.78 is 5.70. The molecule has 2 aliphatic rings. The highest BCUT2D eigenvalue weighted by Crippen LogP contribution is 2.31. The van der Waals surface area contributed by atoms with Gasteiger partial charge in [0, 0.05) is 60.7 Å². The van der Waals surface area contributed by atoms with Crippen molar-refractivity contribution in [2.45, 2.75) is 38.8 Å². The molecule has 6 rings (SSSR count).